The molecule has 1 aliphatic heterocycles. The van der Waals surface area contributed by atoms with Gasteiger partial charge in [0.1, 0.15) is 11.9 Å². The SMILES string of the molecule is C[C@H]1C[C@@H](C(=O)Nc2ccc(OC3CCCCC3O)cc2)CCN1. The first-order valence-electron chi connectivity index (χ1n) is 9.11. The van der Waals surface area contributed by atoms with Crippen molar-refractivity contribution in [3.63, 3.8) is 0 Å². The molecule has 1 aromatic carbocycles. The number of nitrogens with one attached hydrogen (secondary N) is 2. The highest BCUT2D eigenvalue weighted by Crippen LogP contribution is 2.25. The number of anilines is 1. The molecule has 1 aliphatic carbocycles. The number of aliphatic hydroxyl groups excluding tert-OH is 1. The van der Waals surface area contributed by atoms with Crippen LogP contribution in [0.15, 0.2) is 24.3 Å². The minimum atomic E-state index is -0.375. The number of piperidine rings is 1. The molecule has 132 valence electrons. The van der Waals surface area contributed by atoms with Crippen LogP contribution in [0.1, 0.15) is 45.4 Å². The van der Waals surface area contributed by atoms with Gasteiger partial charge in [-0.15, -0.1) is 0 Å². The van der Waals surface area contributed by atoms with Crippen LogP contribution in [0, 0.1) is 5.92 Å². The summed E-state index contributed by atoms with van der Waals surface area (Å²) in [5.74, 6) is 0.920. The predicted molar refractivity (Wildman–Crippen MR) is 94.2 cm³/mol. The summed E-state index contributed by atoms with van der Waals surface area (Å²) in [5.41, 5.74) is 0.794. The molecule has 0 radical (unpaired) electrons. The van der Waals surface area contributed by atoms with Gasteiger partial charge in [-0.05, 0) is 69.8 Å². The Morgan fingerprint density at radius 1 is 1.21 bits per heavy atom. The summed E-state index contributed by atoms with van der Waals surface area (Å²) in [6.45, 7) is 3.01. The van der Waals surface area contributed by atoms with Gasteiger partial charge in [-0.1, -0.05) is 6.42 Å². The average molecular weight is 332 g/mol. The average Bonchev–Trinajstić information content (AvgIpc) is 2.58. The van der Waals surface area contributed by atoms with Gasteiger partial charge >= 0.3 is 0 Å². The standard InChI is InChI=1S/C19H28N2O3/c1-13-12-14(10-11-20-13)19(23)21-15-6-8-16(9-7-15)24-18-5-3-2-4-17(18)22/h6-9,13-14,17-18,20,22H,2-5,10-12H2,1H3,(H,21,23)/t13-,14-,17?,18?/m0/s1. The summed E-state index contributed by atoms with van der Waals surface area (Å²) in [5, 5.41) is 16.3. The van der Waals surface area contributed by atoms with Crippen LogP contribution in [-0.4, -0.2) is 35.8 Å². The third-order valence-electron chi connectivity index (χ3n) is 5.07. The second-order valence-corrected chi connectivity index (χ2v) is 7.10. The number of ether oxygens (including phenoxy) is 1. The maximum Gasteiger partial charge on any atom is 0.227 e. The van der Waals surface area contributed by atoms with Crippen LogP contribution >= 0.6 is 0 Å². The molecule has 3 rings (SSSR count). The first-order chi connectivity index (χ1) is 11.6. The maximum absolute atomic E-state index is 12.4. The Bertz CT molecular complexity index is 546. The number of amides is 1. The van der Waals surface area contributed by atoms with Crippen molar-refractivity contribution in [3.8, 4) is 5.75 Å². The van der Waals surface area contributed by atoms with Gasteiger partial charge in [0.25, 0.3) is 0 Å². The summed E-state index contributed by atoms with van der Waals surface area (Å²) in [7, 11) is 0. The Morgan fingerprint density at radius 3 is 2.67 bits per heavy atom. The normalized spacial score (nSPS) is 30.6. The summed E-state index contributed by atoms with van der Waals surface area (Å²) < 4.78 is 5.89. The fourth-order valence-electron chi connectivity index (χ4n) is 3.62. The first-order valence-corrected chi connectivity index (χ1v) is 9.11. The van der Waals surface area contributed by atoms with Crippen molar-refractivity contribution in [1.82, 2.24) is 5.32 Å². The monoisotopic (exact) mass is 332 g/mol. The molecular formula is C19H28N2O3. The number of hydrogen-bond acceptors (Lipinski definition) is 4. The van der Waals surface area contributed by atoms with Gasteiger partial charge < -0.3 is 20.5 Å². The Morgan fingerprint density at radius 2 is 1.96 bits per heavy atom. The van der Waals surface area contributed by atoms with Gasteiger partial charge in [0, 0.05) is 17.6 Å². The van der Waals surface area contributed by atoms with Crippen LogP contribution in [0.5, 0.6) is 5.75 Å². The van der Waals surface area contributed by atoms with Gasteiger partial charge in [0.05, 0.1) is 6.10 Å². The quantitative estimate of drug-likeness (QED) is 0.793. The van der Waals surface area contributed by atoms with Gasteiger partial charge in [-0.2, -0.15) is 0 Å². The molecule has 2 aliphatic rings. The van der Waals surface area contributed by atoms with E-state index in [0.29, 0.717) is 6.04 Å². The van der Waals surface area contributed by atoms with E-state index in [9.17, 15) is 9.90 Å². The van der Waals surface area contributed by atoms with Crippen molar-refractivity contribution in [2.24, 2.45) is 5.92 Å². The molecule has 3 N–H and O–H groups in total. The third-order valence-corrected chi connectivity index (χ3v) is 5.07. The van der Waals surface area contributed by atoms with Crippen molar-refractivity contribution in [3.05, 3.63) is 24.3 Å². The van der Waals surface area contributed by atoms with Crippen LogP contribution in [0.25, 0.3) is 0 Å². The number of carbonyl (C=O) groups excluding carboxylic acids is 1. The molecule has 1 aromatic rings. The minimum absolute atomic E-state index is 0.0783. The molecule has 24 heavy (non-hydrogen) atoms. The van der Waals surface area contributed by atoms with Crippen molar-refractivity contribution in [1.29, 1.82) is 0 Å². The van der Waals surface area contributed by atoms with E-state index in [1.165, 1.54) is 0 Å². The smallest absolute Gasteiger partial charge is 0.227 e. The highest BCUT2D eigenvalue weighted by atomic mass is 16.5. The van der Waals surface area contributed by atoms with E-state index in [1.807, 2.05) is 24.3 Å². The molecule has 1 saturated heterocycles. The third kappa shape index (κ3) is 4.48. The highest BCUT2D eigenvalue weighted by molar-refractivity contribution is 5.92. The number of rotatable bonds is 4. The van der Waals surface area contributed by atoms with E-state index in [1.54, 1.807) is 0 Å². The second kappa shape index (κ2) is 7.99. The molecule has 1 heterocycles. The largest absolute Gasteiger partial charge is 0.488 e. The van der Waals surface area contributed by atoms with Crippen molar-refractivity contribution < 1.29 is 14.6 Å². The van der Waals surface area contributed by atoms with Crippen LogP contribution in [-0.2, 0) is 4.79 Å². The lowest BCUT2D eigenvalue weighted by molar-refractivity contribution is -0.120. The topological polar surface area (TPSA) is 70.6 Å². The van der Waals surface area contributed by atoms with Gasteiger partial charge in [-0.3, -0.25) is 4.79 Å². The van der Waals surface area contributed by atoms with Gasteiger partial charge in [-0.25, -0.2) is 0 Å². The van der Waals surface area contributed by atoms with Gasteiger partial charge in [0.2, 0.25) is 5.91 Å². The van der Waals surface area contributed by atoms with Gasteiger partial charge in [0.15, 0.2) is 0 Å². The molecule has 0 bridgehead atoms. The molecule has 5 heteroatoms. The van der Waals surface area contributed by atoms with Crippen molar-refractivity contribution in [2.45, 2.75) is 63.7 Å². The van der Waals surface area contributed by atoms with E-state index in [0.717, 1.165) is 56.5 Å². The molecule has 4 atom stereocenters. The lowest BCUT2D eigenvalue weighted by Gasteiger charge is -2.28. The van der Waals surface area contributed by atoms with Crippen LogP contribution in [0.4, 0.5) is 5.69 Å². The minimum Gasteiger partial charge on any atom is -0.488 e. The van der Waals surface area contributed by atoms with Crippen molar-refractivity contribution >= 4 is 11.6 Å². The second-order valence-electron chi connectivity index (χ2n) is 7.10. The maximum atomic E-state index is 12.4. The van der Waals surface area contributed by atoms with Crippen LogP contribution < -0.4 is 15.4 Å². The fourth-order valence-corrected chi connectivity index (χ4v) is 3.62. The molecule has 2 unspecified atom stereocenters. The highest BCUT2D eigenvalue weighted by Gasteiger charge is 2.26. The van der Waals surface area contributed by atoms with Crippen LogP contribution in [0.3, 0.4) is 0 Å². The molecule has 1 saturated carbocycles. The zero-order chi connectivity index (χ0) is 16.9. The molecule has 1 amide bonds. The van der Waals surface area contributed by atoms with E-state index in [2.05, 4.69) is 17.6 Å². The molecule has 0 aromatic heterocycles. The van der Waals surface area contributed by atoms with Crippen molar-refractivity contribution in [2.75, 3.05) is 11.9 Å². The van der Waals surface area contributed by atoms with E-state index < -0.39 is 0 Å². The number of carbonyl (C=O) groups is 1. The molecule has 0 spiro atoms. The molecular weight excluding hydrogens is 304 g/mol. The zero-order valence-electron chi connectivity index (χ0n) is 14.3. The zero-order valence-corrected chi connectivity index (χ0v) is 14.3. The Labute approximate surface area is 143 Å². The Balaban J connectivity index is 1.53. The Kier molecular flexibility index (Phi) is 5.74. The predicted octanol–water partition coefficient (Wildman–Crippen LogP) is 2.70. The summed E-state index contributed by atoms with van der Waals surface area (Å²) in [6.07, 6.45) is 5.16. The lowest BCUT2D eigenvalue weighted by Crippen LogP contribution is -2.40. The van der Waals surface area contributed by atoms with Crippen LogP contribution in [0.2, 0.25) is 0 Å². The number of benzene rings is 1. The van der Waals surface area contributed by atoms with E-state index in [-0.39, 0.29) is 24.0 Å². The summed E-state index contributed by atoms with van der Waals surface area (Å²) >= 11 is 0. The molecule has 2 fully saturated rings. The number of hydrogen-bond donors (Lipinski definition) is 3. The Hall–Kier alpha value is -1.59. The van der Waals surface area contributed by atoms with E-state index in [4.69, 9.17) is 4.74 Å². The van der Waals surface area contributed by atoms with E-state index >= 15 is 0 Å². The summed E-state index contributed by atoms with van der Waals surface area (Å²) in [4.78, 5) is 12.4. The molecule has 5 nitrogen and oxygen atoms in total. The first kappa shape index (κ1) is 17.2. The lowest BCUT2D eigenvalue weighted by atomic mass is 9.92. The fraction of sp³-hybridized carbons (Fsp3) is 0.632. The number of aliphatic hydroxyl groups is 1. The summed E-state index contributed by atoms with van der Waals surface area (Å²) in [6, 6.07) is 7.86.